The van der Waals surface area contributed by atoms with Crippen LogP contribution in [0.3, 0.4) is 0 Å². The highest BCUT2D eigenvalue weighted by molar-refractivity contribution is 6.51. The number of nitrogens with two attached hydrogens (primary N) is 1. The molecule has 0 unspecified atom stereocenters. The summed E-state index contributed by atoms with van der Waals surface area (Å²) < 4.78 is 0. The van der Waals surface area contributed by atoms with Crippen LogP contribution in [0.2, 0.25) is 6.82 Å². The Morgan fingerprint density at radius 1 is 1.56 bits per heavy atom. The molecule has 0 aliphatic carbocycles. The first-order valence-electron chi connectivity index (χ1n) is 3.03. The first-order valence-corrected chi connectivity index (χ1v) is 3.03. The molecule has 0 spiro atoms. The second-order valence-corrected chi connectivity index (χ2v) is 1.94. The van der Waals surface area contributed by atoms with Crippen molar-refractivity contribution in [1.29, 1.82) is 0 Å². The molecule has 0 aromatic carbocycles. The van der Waals surface area contributed by atoms with E-state index in [1.54, 1.807) is 6.20 Å². The molecule has 0 radical (unpaired) electrons. The van der Waals surface area contributed by atoms with Crippen LogP contribution in [-0.2, 0) is 0 Å². The number of rotatable bonds is 1. The topological polar surface area (TPSA) is 38.9 Å². The molecule has 1 rings (SSSR count). The lowest BCUT2D eigenvalue weighted by atomic mass is 9.74. The lowest BCUT2D eigenvalue weighted by Crippen LogP contribution is -2.10. The van der Waals surface area contributed by atoms with E-state index in [2.05, 4.69) is 11.8 Å². The van der Waals surface area contributed by atoms with Crippen LogP contribution in [-0.4, -0.2) is 12.3 Å². The lowest BCUT2D eigenvalue weighted by Gasteiger charge is -1.92. The summed E-state index contributed by atoms with van der Waals surface area (Å²) in [5.74, 6) is 0.590. The largest absolute Gasteiger partial charge is 0.384 e. The first kappa shape index (κ1) is 6.14. The molecular formula is C6H9BN2. The van der Waals surface area contributed by atoms with Gasteiger partial charge in [0, 0.05) is 6.20 Å². The van der Waals surface area contributed by atoms with Gasteiger partial charge in [-0.25, -0.2) is 4.98 Å². The Hall–Kier alpha value is -0.985. The van der Waals surface area contributed by atoms with Crippen LogP contribution in [0.25, 0.3) is 0 Å². The average Bonchev–Trinajstić information content (AvgIpc) is 1.90. The minimum atomic E-state index is 0.590. The maximum absolute atomic E-state index is 5.37. The highest BCUT2D eigenvalue weighted by atomic mass is 14.8. The molecule has 2 nitrogen and oxygen atoms in total. The van der Waals surface area contributed by atoms with E-state index in [-0.39, 0.29) is 0 Å². The van der Waals surface area contributed by atoms with Gasteiger partial charge in [0.05, 0.1) is 0 Å². The van der Waals surface area contributed by atoms with Gasteiger partial charge in [0.2, 0.25) is 0 Å². The molecule has 1 aromatic rings. The molecule has 9 heavy (non-hydrogen) atoms. The van der Waals surface area contributed by atoms with Gasteiger partial charge in [-0.15, -0.1) is 0 Å². The molecule has 1 heterocycles. The molecule has 1 aromatic heterocycles. The van der Waals surface area contributed by atoms with Crippen molar-refractivity contribution < 1.29 is 0 Å². The van der Waals surface area contributed by atoms with Crippen LogP contribution in [0.4, 0.5) is 5.82 Å². The van der Waals surface area contributed by atoms with E-state index >= 15 is 0 Å². The minimum Gasteiger partial charge on any atom is -0.384 e. The van der Waals surface area contributed by atoms with Crippen molar-refractivity contribution in [3.05, 3.63) is 18.3 Å². The summed E-state index contributed by atoms with van der Waals surface area (Å²) in [4.78, 5) is 3.93. The van der Waals surface area contributed by atoms with Gasteiger partial charge in [-0.1, -0.05) is 18.4 Å². The molecule has 2 N–H and O–H groups in total. The Morgan fingerprint density at radius 3 is 2.78 bits per heavy atom. The Kier molecular flexibility index (Phi) is 1.73. The quantitative estimate of drug-likeness (QED) is 0.520. The van der Waals surface area contributed by atoms with E-state index < -0.39 is 0 Å². The molecule has 0 bridgehead atoms. The molecular weight excluding hydrogens is 111 g/mol. The summed E-state index contributed by atoms with van der Waals surface area (Å²) in [6.07, 6.45) is 1.80. The van der Waals surface area contributed by atoms with E-state index in [1.165, 1.54) is 5.46 Å². The van der Waals surface area contributed by atoms with Crippen LogP contribution in [0.15, 0.2) is 18.3 Å². The summed E-state index contributed by atoms with van der Waals surface area (Å²) in [5, 5.41) is 0. The van der Waals surface area contributed by atoms with Gasteiger partial charge in [0.1, 0.15) is 5.82 Å². The first-order chi connectivity index (χ1) is 4.33. The molecule has 46 valence electrons. The molecule has 0 saturated heterocycles. The van der Waals surface area contributed by atoms with Crippen molar-refractivity contribution >= 4 is 18.6 Å². The predicted octanol–water partition coefficient (Wildman–Crippen LogP) is -0.226. The van der Waals surface area contributed by atoms with E-state index in [0.717, 1.165) is 7.28 Å². The maximum Gasteiger partial charge on any atom is 0.156 e. The van der Waals surface area contributed by atoms with E-state index in [9.17, 15) is 0 Å². The van der Waals surface area contributed by atoms with E-state index in [0.29, 0.717) is 5.82 Å². The zero-order chi connectivity index (χ0) is 6.69. The van der Waals surface area contributed by atoms with Crippen LogP contribution in [0, 0.1) is 0 Å². The normalized spacial score (nSPS) is 9.00. The molecule has 0 amide bonds. The van der Waals surface area contributed by atoms with Gasteiger partial charge < -0.3 is 5.73 Å². The zero-order valence-electron chi connectivity index (χ0n) is 5.46. The Morgan fingerprint density at radius 2 is 2.33 bits per heavy atom. The minimum absolute atomic E-state index is 0.590. The monoisotopic (exact) mass is 120 g/mol. The predicted molar refractivity (Wildman–Crippen MR) is 41.3 cm³/mol. The number of pyridine rings is 1. The number of anilines is 1. The van der Waals surface area contributed by atoms with Crippen LogP contribution in [0.1, 0.15) is 0 Å². The second-order valence-electron chi connectivity index (χ2n) is 1.94. The number of hydrogen-bond acceptors (Lipinski definition) is 2. The summed E-state index contributed by atoms with van der Waals surface area (Å²) >= 11 is 0. The fourth-order valence-electron chi connectivity index (χ4n) is 0.645. The fourth-order valence-corrected chi connectivity index (χ4v) is 0.645. The van der Waals surface area contributed by atoms with E-state index in [4.69, 9.17) is 5.73 Å². The third-order valence-electron chi connectivity index (χ3n) is 1.26. The van der Waals surface area contributed by atoms with Crippen molar-refractivity contribution in [2.45, 2.75) is 6.82 Å². The molecule has 0 aliphatic rings. The lowest BCUT2D eigenvalue weighted by molar-refractivity contribution is 1.36. The van der Waals surface area contributed by atoms with Crippen molar-refractivity contribution in [3.8, 4) is 0 Å². The number of nitrogen functional groups attached to an aromatic ring is 1. The van der Waals surface area contributed by atoms with Gasteiger partial charge in [-0.05, 0) is 6.07 Å². The third-order valence-corrected chi connectivity index (χ3v) is 1.26. The number of hydrogen-bond donors (Lipinski definition) is 1. The Bertz CT molecular complexity index is 183. The standard InChI is InChI=1S/C6H9BN2/c1-7-5-2-3-6(8)9-4-5/h2-4,7H,1H3,(H2,8,9). The Balaban J connectivity index is 2.88. The molecule has 0 saturated carbocycles. The van der Waals surface area contributed by atoms with Crippen LogP contribution in [0.5, 0.6) is 0 Å². The summed E-state index contributed by atoms with van der Waals surface area (Å²) in [6, 6.07) is 3.81. The highest BCUT2D eigenvalue weighted by Gasteiger charge is 1.88. The number of nitrogens with zero attached hydrogens (tertiary/aromatic N) is 1. The van der Waals surface area contributed by atoms with Crippen molar-refractivity contribution in [3.63, 3.8) is 0 Å². The smallest absolute Gasteiger partial charge is 0.156 e. The van der Waals surface area contributed by atoms with Gasteiger partial charge in [-0.2, -0.15) is 0 Å². The molecule has 0 aliphatic heterocycles. The van der Waals surface area contributed by atoms with Gasteiger partial charge in [0.15, 0.2) is 7.28 Å². The highest BCUT2D eigenvalue weighted by Crippen LogP contribution is 1.88. The van der Waals surface area contributed by atoms with E-state index in [1.807, 2.05) is 12.1 Å². The molecule has 3 heteroatoms. The summed E-state index contributed by atoms with van der Waals surface area (Å²) in [6.45, 7) is 2.09. The molecule has 0 atom stereocenters. The third kappa shape index (κ3) is 1.45. The van der Waals surface area contributed by atoms with Crippen molar-refractivity contribution in [2.75, 3.05) is 5.73 Å². The van der Waals surface area contributed by atoms with Gasteiger partial charge in [-0.3, -0.25) is 0 Å². The van der Waals surface area contributed by atoms with Crippen molar-refractivity contribution in [2.24, 2.45) is 0 Å². The van der Waals surface area contributed by atoms with Crippen LogP contribution < -0.4 is 11.2 Å². The number of aromatic nitrogens is 1. The SMILES string of the molecule is CBc1ccc(N)nc1. The summed E-state index contributed by atoms with van der Waals surface area (Å²) in [5.41, 5.74) is 6.60. The Labute approximate surface area is 55.3 Å². The van der Waals surface area contributed by atoms with Crippen molar-refractivity contribution in [1.82, 2.24) is 4.98 Å². The summed E-state index contributed by atoms with van der Waals surface area (Å²) in [7, 11) is 1.02. The van der Waals surface area contributed by atoms with Gasteiger partial charge >= 0.3 is 0 Å². The maximum atomic E-state index is 5.37. The fraction of sp³-hybridized carbons (Fsp3) is 0.167. The second kappa shape index (κ2) is 2.53. The van der Waals surface area contributed by atoms with Crippen LogP contribution >= 0.6 is 0 Å². The average molecular weight is 120 g/mol. The molecule has 0 fully saturated rings. The van der Waals surface area contributed by atoms with Gasteiger partial charge in [0.25, 0.3) is 0 Å². The zero-order valence-corrected chi connectivity index (χ0v) is 5.46.